The van der Waals surface area contributed by atoms with Crippen molar-refractivity contribution in [2.45, 2.75) is 6.42 Å². The van der Waals surface area contributed by atoms with Gasteiger partial charge in [0.2, 0.25) is 5.75 Å². The first kappa shape index (κ1) is 16.0. The molecule has 2 aromatic rings. The Morgan fingerprint density at radius 2 is 1.64 bits per heavy atom. The van der Waals surface area contributed by atoms with E-state index in [1.807, 2.05) is 30.3 Å². The Labute approximate surface area is 130 Å². The van der Waals surface area contributed by atoms with Crippen molar-refractivity contribution in [3.05, 3.63) is 35.9 Å². The maximum atomic E-state index is 9.14. The second kappa shape index (κ2) is 7.04. The minimum absolute atomic E-state index is 0.0523. The molecule has 0 aliphatic heterocycles. The summed E-state index contributed by atoms with van der Waals surface area (Å²) in [5, 5.41) is 9.14. The molecule has 0 aliphatic rings. The van der Waals surface area contributed by atoms with E-state index in [1.165, 1.54) is 0 Å². The molecule has 0 atom stereocenters. The van der Waals surface area contributed by atoms with Crippen molar-refractivity contribution in [2.24, 2.45) is 0 Å². The van der Waals surface area contributed by atoms with Crippen LogP contribution in [0.15, 0.2) is 30.3 Å². The van der Waals surface area contributed by atoms with E-state index >= 15 is 0 Å². The van der Waals surface area contributed by atoms with E-state index in [2.05, 4.69) is 0 Å². The summed E-state index contributed by atoms with van der Waals surface area (Å²) in [6.07, 6.45) is 0.509. The summed E-state index contributed by atoms with van der Waals surface area (Å²) in [4.78, 5) is 0. The molecule has 22 heavy (non-hydrogen) atoms. The van der Waals surface area contributed by atoms with Crippen LogP contribution >= 0.6 is 0 Å². The van der Waals surface area contributed by atoms with Crippen LogP contribution in [0.5, 0.6) is 17.2 Å². The van der Waals surface area contributed by atoms with Gasteiger partial charge in [0, 0.05) is 23.4 Å². The summed E-state index contributed by atoms with van der Waals surface area (Å²) in [6.45, 7) is 0.0523. The number of para-hydroxylation sites is 1. The normalized spacial score (nSPS) is 10.4. The van der Waals surface area contributed by atoms with Crippen molar-refractivity contribution in [3.63, 3.8) is 0 Å². The van der Waals surface area contributed by atoms with Crippen LogP contribution in [0.25, 0.3) is 11.1 Å². The van der Waals surface area contributed by atoms with Crippen molar-refractivity contribution in [3.8, 4) is 28.4 Å². The van der Waals surface area contributed by atoms with Gasteiger partial charge in [0.15, 0.2) is 11.5 Å². The summed E-state index contributed by atoms with van der Waals surface area (Å²) < 4.78 is 16.2. The number of anilines is 1. The third-order valence-electron chi connectivity index (χ3n) is 3.57. The van der Waals surface area contributed by atoms with E-state index in [0.29, 0.717) is 29.4 Å². The molecule has 0 radical (unpaired) electrons. The molecule has 5 heteroatoms. The van der Waals surface area contributed by atoms with Crippen LogP contribution in [-0.4, -0.2) is 33.0 Å². The second-order valence-corrected chi connectivity index (χ2v) is 4.73. The second-order valence-electron chi connectivity index (χ2n) is 4.73. The Bertz CT molecular complexity index is 655. The van der Waals surface area contributed by atoms with E-state index in [-0.39, 0.29) is 6.61 Å². The highest BCUT2D eigenvalue weighted by Crippen LogP contribution is 2.45. The molecular formula is C17H21NO4. The van der Waals surface area contributed by atoms with Crippen molar-refractivity contribution in [2.75, 3.05) is 33.7 Å². The first-order valence-corrected chi connectivity index (χ1v) is 6.95. The van der Waals surface area contributed by atoms with Gasteiger partial charge in [-0.15, -0.1) is 0 Å². The Balaban J connectivity index is 2.65. The summed E-state index contributed by atoms with van der Waals surface area (Å²) >= 11 is 0. The molecule has 0 spiro atoms. The van der Waals surface area contributed by atoms with Gasteiger partial charge in [0.1, 0.15) is 0 Å². The Morgan fingerprint density at radius 1 is 0.909 bits per heavy atom. The van der Waals surface area contributed by atoms with Crippen LogP contribution in [0.1, 0.15) is 5.56 Å². The molecule has 0 saturated heterocycles. The molecule has 0 saturated carbocycles. The standard InChI is InChI=1S/C17H21NO4/c1-20-14-8-7-13(16(21-2)17(14)22-3)12-6-4-5-11(9-10-19)15(12)18/h4-8,19H,9-10,18H2,1-3H3. The van der Waals surface area contributed by atoms with E-state index in [9.17, 15) is 0 Å². The van der Waals surface area contributed by atoms with Gasteiger partial charge in [-0.25, -0.2) is 0 Å². The van der Waals surface area contributed by atoms with Gasteiger partial charge < -0.3 is 25.1 Å². The number of methoxy groups -OCH3 is 3. The monoisotopic (exact) mass is 303 g/mol. The van der Waals surface area contributed by atoms with Crippen LogP contribution in [0, 0.1) is 0 Å². The van der Waals surface area contributed by atoms with E-state index < -0.39 is 0 Å². The number of nitrogens with two attached hydrogens (primary N) is 1. The predicted molar refractivity (Wildman–Crippen MR) is 86.7 cm³/mol. The molecule has 3 N–H and O–H groups in total. The lowest BCUT2D eigenvalue weighted by atomic mass is 9.97. The average molecular weight is 303 g/mol. The van der Waals surface area contributed by atoms with Crippen molar-refractivity contribution >= 4 is 5.69 Å². The molecule has 0 heterocycles. The van der Waals surface area contributed by atoms with E-state index in [1.54, 1.807) is 21.3 Å². The van der Waals surface area contributed by atoms with Crippen LogP contribution in [0.3, 0.4) is 0 Å². The minimum atomic E-state index is 0.0523. The van der Waals surface area contributed by atoms with Crippen LogP contribution in [-0.2, 0) is 6.42 Å². The molecule has 5 nitrogen and oxygen atoms in total. The highest BCUT2D eigenvalue weighted by atomic mass is 16.5. The Morgan fingerprint density at radius 3 is 2.23 bits per heavy atom. The summed E-state index contributed by atoms with van der Waals surface area (Å²) in [6, 6.07) is 9.43. The fourth-order valence-electron chi connectivity index (χ4n) is 2.50. The van der Waals surface area contributed by atoms with Crippen LogP contribution in [0.4, 0.5) is 5.69 Å². The highest BCUT2D eigenvalue weighted by Gasteiger charge is 2.19. The zero-order valence-electron chi connectivity index (χ0n) is 13.1. The molecule has 0 aliphatic carbocycles. The maximum absolute atomic E-state index is 9.14. The molecule has 118 valence electrons. The van der Waals surface area contributed by atoms with Gasteiger partial charge in [0.05, 0.1) is 21.3 Å². The number of aliphatic hydroxyl groups is 1. The fourth-order valence-corrected chi connectivity index (χ4v) is 2.50. The number of hydrogen-bond acceptors (Lipinski definition) is 5. The molecule has 0 amide bonds. The molecule has 2 aromatic carbocycles. The van der Waals surface area contributed by atoms with Gasteiger partial charge in [-0.3, -0.25) is 0 Å². The summed E-state index contributed by atoms with van der Waals surface area (Å²) in [7, 11) is 4.72. The van der Waals surface area contributed by atoms with Crippen molar-refractivity contribution in [1.29, 1.82) is 0 Å². The van der Waals surface area contributed by atoms with Crippen LogP contribution < -0.4 is 19.9 Å². The molecule has 0 bridgehead atoms. The number of nitrogen functional groups attached to an aromatic ring is 1. The largest absolute Gasteiger partial charge is 0.493 e. The average Bonchev–Trinajstić information content (AvgIpc) is 2.55. The lowest BCUT2D eigenvalue weighted by Gasteiger charge is -2.17. The van der Waals surface area contributed by atoms with E-state index in [4.69, 9.17) is 25.1 Å². The molecular weight excluding hydrogens is 282 g/mol. The fraction of sp³-hybridized carbons (Fsp3) is 0.294. The predicted octanol–water partition coefficient (Wildman–Crippen LogP) is 2.50. The molecule has 2 rings (SSSR count). The quantitative estimate of drug-likeness (QED) is 0.802. The zero-order chi connectivity index (χ0) is 16.1. The topological polar surface area (TPSA) is 73.9 Å². The van der Waals surface area contributed by atoms with Crippen molar-refractivity contribution in [1.82, 2.24) is 0 Å². The lowest BCUT2D eigenvalue weighted by molar-refractivity contribution is 0.300. The van der Waals surface area contributed by atoms with E-state index in [0.717, 1.165) is 16.7 Å². The van der Waals surface area contributed by atoms with Gasteiger partial charge >= 0.3 is 0 Å². The smallest absolute Gasteiger partial charge is 0.203 e. The highest BCUT2D eigenvalue weighted by molar-refractivity contribution is 5.85. The Hall–Kier alpha value is -2.40. The zero-order valence-corrected chi connectivity index (χ0v) is 13.1. The lowest BCUT2D eigenvalue weighted by Crippen LogP contribution is -2.02. The third kappa shape index (κ3) is 2.80. The number of ether oxygens (including phenoxy) is 3. The van der Waals surface area contributed by atoms with Gasteiger partial charge in [0.25, 0.3) is 0 Å². The van der Waals surface area contributed by atoms with Gasteiger partial charge in [-0.2, -0.15) is 0 Å². The summed E-state index contributed by atoms with van der Waals surface area (Å²) in [5.41, 5.74) is 9.43. The number of benzene rings is 2. The third-order valence-corrected chi connectivity index (χ3v) is 3.57. The van der Waals surface area contributed by atoms with Crippen LogP contribution in [0.2, 0.25) is 0 Å². The number of rotatable bonds is 6. The first-order valence-electron chi connectivity index (χ1n) is 6.95. The number of hydrogen-bond donors (Lipinski definition) is 2. The molecule has 0 fully saturated rings. The summed E-state index contributed by atoms with van der Waals surface area (Å²) in [5.74, 6) is 1.68. The van der Waals surface area contributed by atoms with Gasteiger partial charge in [-0.1, -0.05) is 18.2 Å². The molecule has 0 unspecified atom stereocenters. The minimum Gasteiger partial charge on any atom is -0.493 e. The SMILES string of the molecule is COc1ccc(-c2cccc(CCO)c2N)c(OC)c1OC. The number of aliphatic hydroxyl groups excluding tert-OH is 1. The first-order chi connectivity index (χ1) is 10.7. The van der Waals surface area contributed by atoms with Crippen molar-refractivity contribution < 1.29 is 19.3 Å². The van der Waals surface area contributed by atoms with Gasteiger partial charge in [-0.05, 0) is 24.1 Å². The maximum Gasteiger partial charge on any atom is 0.203 e. The molecule has 0 aromatic heterocycles. The Kier molecular flexibility index (Phi) is 5.12.